The van der Waals surface area contributed by atoms with Crippen LogP contribution in [0.2, 0.25) is 5.02 Å². The van der Waals surface area contributed by atoms with Crippen LogP contribution < -0.4 is 5.32 Å². The summed E-state index contributed by atoms with van der Waals surface area (Å²) >= 11 is 5.67. The van der Waals surface area contributed by atoms with E-state index in [1.54, 1.807) is 18.3 Å². The van der Waals surface area contributed by atoms with Crippen LogP contribution in [0.1, 0.15) is 10.4 Å². The maximum absolute atomic E-state index is 13.7. The predicted molar refractivity (Wildman–Crippen MR) is 75.5 cm³/mol. The predicted octanol–water partition coefficient (Wildman–Crippen LogP) is 3.61. The summed E-state index contributed by atoms with van der Waals surface area (Å²) in [6, 6.07) is 9.29. The molecule has 4 nitrogen and oxygen atoms in total. The second-order valence-electron chi connectivity index (χ2n) is 4.22. The van der Waals surface area contributed by atoms with Crippen LogP contribution in [0.5, 0.6) is 0 Å². The number of amides is 1. The molecule has 100 valence electrons. The second-order valence-corrected chi connectivity index (χ2v) is 4.65. The van der Waals surface area contributed by atoms with Crippen LogP contribution in [0, 0.1) is 5.82 Å². The number of aromatic nitrogens is 2. The van der Waals surface area contributed by atoms with Crippen molar-refractivity contribution in [2.75, 3.05) is 5.32 Å². The zero-order valence-electron chi connectivity index (χ0n) is 10.2. The molecule has 6 heteroatoms. The molecule has 0 radical (unpaired) electrons. The Balaban J connectivity index is 1.95. The van der Waals surface area contributed by atoms with Gasteiger partial charge in [0.1, 0.15) is 5.82 Å². The number of halogens is 2. The highest BCUT2D eigenvalue weighted by Gasteiger charge is 2.13. The maximum atomic E-state index is 13.7. The largest absolute Gasteiger partial charge is 0.319 e. The van der Waals surface area contributed by atoms with Crippen molar-refractivity contribution < 1.29 is 9.18 Å². The monoisotopic (exact) mass is 289 g/mol. The van der Waals surface area contributed by atoms with Gasteiger partial charge < -0.3 is 5.32 Å². The molecule has 1 amide bonds. The minimum Gasteiger partial charge on any atom is -0.319 e. The van der Waals surface area contributed by atoms with Gasteiger partial charge >= 0.3 is 0 Å². The third-order valence-corrected chi connectivity index (χ3v) is 3.14. The Hall–Kier alpha value is -2.40. The van der Waals surface area contributed by atoms with Crippen molar-refractivity contribution in [3.8, 4) is 0 Å². The number of para-hydroxylation sites is 1. The van der Waals surface area contributed by atoms with Crippen molar-refractivity contribution in [2.45, 2.75) is 0 Å². The van der Waals surface area contributed by atoms with Gasteiger partial charge in [-0.05, 0) is 24.3 Å². The Morgan fingerprint density at radius 1 is 1.30 bits per heavy atom. The normalized spacial score (nSPS) is 10.7. The number of aromatic amines is 1. The zero-order chi connectivity index (χ0) is 14.1. The van der Waals surface area contributed by atoms with E-state index in [4.69, 9.17) is 11.6 Å². The number of fused-ring (bicyclic) bond motifs is 1. The SMILES string of the molecule is O=C(Nc1ccc(Cl)cc1F)c1cccc2cn[nH]c12. The fourth-order valence-corrected chi connectivity index (χ4v) is 2.10. The van der Waals surface area contributed by atoms with Crippen LogP contribution in [0.25, 0.3) is 10.9 Å². The van der Waals surface area contributed by atoms with Gasteiger partial charge in [-0.25, -0.2) is 4.39 Å². The molecule has 0 aliphatic rings. The molecule has 1 aromatic heterocycles. The van der Waals surface area contributed by atoms with Gasteiger partial charge in [0.2, 0.25) is 0 Å². The number of rotatable bonds is 2. The van der Waals surface area contributed by atoms with Crippen LogP contribution in [-0.2, 0) is 0 Å². The Morgan fingerprint density at radius 3 is 2.95 bits per heavy atom. The summed E-state index contributed by atoms with van der Waals surface area (Å²) < 4.78 is 13.7. The van der Waals surface area contributed by atoms with Crippen LogP contribution in [0.4, 0.5) is 10.1 Å². The summed E-state index contributed by atoms with van der Waals surface area (Å²) in [5, 5.41) is 10.2. The molecule has 0 aliphatic carbocycles. The van der Waals surface area contributed by atoms with E-state index in [2.05, 4.69) is 15.5 Å². The first-order chi connectivity index (χ1) is 9.65. The minimum atomic E-state index is -0.581. The summed E-state index contributed by atoms with van der Waals surface area (Å²) in [7, 11) is 0. The molecular formula is C14H9ClFN3O. The van der Waals surface area contributed by atoms with Gasteiger partial charge in [-0.3, -0.25) is 9.89 Å². The molecule has 0 spiro atoms. The fourth-order valence-electron chi connectivity index (χ4n) is 1.94. The van der Waals surface area contributed by atoms with Crippen LogP contribution in [0.3, 0.4) is 0 Å². The number of carbonyl (C=O) groups is 1. The third kappa shape index (κ3) is 2.23. The molecule has 0 fully saturated rings. The number of hydrogen-bond acceptors (Lipinski definition) is 2. The van der Waals surface area contributed by atoms with Gasteiger partial charge in [-0.1, -0.05) is 23.7 Å². The first kappa shape index (κ1) is 12.6. The Bertz CT molecular complexity index is 800. The Morgan fingerprint density at radius 2 is 2.15 bits per heavy atom. The van der Waals surface area contributed by atoms with E-state index in [1.807, 2.05) is 6.07 Å². The van der Waals surface area contributed by atoms with Crippen molar-refractivity contribution in [2.24, 2.45) is 0 Å². The molecule has 20 heavy (non-hydrogen) atoms. The first-order valence-electron chi connectivity index (χ1n) is 5.83. The van der Waals surface area contributed by atoms with E-state index in [0.29, 0.717) is 11.1 Å². The lowest BCUT2D eigenvalue weighted by atomic mass is 10.1. The van der Waals surface area contributed by atoms with Gasteiger partial charge in [0.05, 0.1) is 23.0 Å². The van der Waals surface area contributed by atoms with Gasteiger partial charge in [0.25, 0.3) is 5.91 Å². The number of hydrogen-bond donors (Lipinski definition) is 2. The van der Waals surface area contributed by atoms with Gasteiger partial charge in [0, 0.05) is 10.4 Å². The average molecular weight is 290 g/mol. The lowest BCUT2D eigenvalue weighted by Crippen LogP contribution is -2.13. The highest BCUT2D eigenvalue weighted by Crippen LogP contribution is 2.21. The highest BCUT2D eigenvalue weighted by molar-refractivity contribution is 6.30. The smallest absolute Gasteiger partial charge is 0.257 e. The van der Waals surface area contributed by atoms with E-state index in [-0.39, 0.29) is 10.7 Å². The van der Waals surface area contributed by atoms with Crippen molar-refractivity contribution in [3.63, 3.8) is 0 Å². The van der Waals surface area contributed by atoms with Gasteiger partial charge in [-0.15, -0.1) is 0 Å². The van der Waals surface area contributed by atoms with E-state index in [0.717, 1.165) is 11.5 Å². The lowest BCUT2D eigenvalue weighted by molar-refractivity contribution is 0.102. The van der Waals surface area contributed by atoms with E-state index < -0.39 is 11.7 Å². The quantitative estimate of drug-likeness (QED) is 0.757. The second kappa shape index (κ2) is 4.94. The Labute approximate surface area is 118 Å². The molecule has 3 rings (SSSR count). The molecule has 0 unspecified atom stereocenters. The van der Waals surface area contributed by atoms with Gasteiger partial charge in [0.15, 0.2) is 0 Å². The highest BCUT2D eigenvalue weighted by atomic mass is 35.5. The molecule has 0 bridgehead atoms. The fraction of sp³-hybridized carbons (Fsp3) is 0. The standard InChI is InChI=1S/C14H9ClFN3O/c15-9-4-5-12(11(16)6-9)18-14(20)10-3-1-2-8-7-17-19-13(8)10/h1-7H,(H,17,19)(H,18,20). The molecule has 0 atom stereocenters. The molecular weight excluding hydrogens is 281 g/mol. The first-order valence-corrected chi connectivity index (χ1v) is 6.21. The van der Waals surface area contributed by atoms with Crippen molar-refractivity contribution in [1.29, 1.82) is 0 Å². The third-order valence-electron chi connectivity index (χ3n) is 2.90. The van der Waals surface area contributed by atoms with Crippen LogP contribution in [-0.4, -0.2) is 16.1 Å². The van der Waals surface area contributed by atoms with Crippen molar-refractivity contribution in [3.05, 3.63) is 59.0 Å². The number of nitrogens with zero attached hydrogens (tertiary/aromatic N) is 1. The summed E-state index contributed by atoms with van der Waals surface area (Å²) in [6.07, 6.45) is 1.62. The number of anilines is 1. The van der Waals surface area contributed by atoms with Crippen molar-refractivity contribution in [1.82, 2.24) is 10.2 Å². The van der Waals surface area contributed by atoms with E-state index in [1.165, 1.54) is 12.1 Å². The summed E-state index contributed by atoms with van der Waals surface area (Å²) in [5.41, 5.74) is 1.09. The summed E-state index contributed by atoms with van der Waals surface area (Å²) in [4.78, 5) is 12.2. The molecule has 3 aromatic rings. The number of nitrogens with one attached hydrogen (secondary N) is 2. The van der Waals surface area contributed by atoms with Crippen LogP contribution in [0.15, 0.2) is 42.6 Å². The van der Waals surface area contributed by atoms with Crippen molar-refractivity contribution >= 4 is 34.1 Å². The van der Waals surface area contributed by atoms with Gasteiger partial charge in [-0.2, -0.15) is 5.10 Å². The molecule has 1 heterocycles. The summed E-state index contributed by atoms with van der Waals surface area (Å²) in [6.45, 7) is 0. The molecule has 0 saturated heterocycles. The minimum absolute atomic E-state index is 0.0796. The van der Waals surface area contributed by atoms with Crippen LogP contribution >= 0.6 is 11.6 Å². The zero-order valence-corrected chi connectivity index (χ0v) is 10.9. The Kier molecular flexibility index (Phi) is 3.12. The number of H-pyrrole nitrogens is 1. The average Bonchev–Trinajstić information content (AvgIpc) is 2.90. The molecule has 2 aromatic carbocycles. The molecule has 0 aliphatic heterocycles. The topological polar surface area (TPSA) is 57.8 Å². The molecule has 0 saturated carbocycles. The summed E-state index contributed by atoms with van der Waals surface area (Å²) in [5.74, 6) is -0.997. The maximum Gasteiger partial charge on any atom is 0.257 e. The number of benzene rings is 2. The van der Waals surface area contributed by atoms with E-state index >= 15 is 0 Å². The lowest BCUT2D eigenvalue weighted by Gasteiger charge is -2.07. The van der Waals surface area contributed by atoms with E-state index in [9.17, 15) is 9.18 Å². The number of carbonyl (C=O) groups excluding carboxylic acids is 1. The molecule has 2 N–H and O–H groups in total.